The third-order valence-electron chi connectivity index (χ3n) is 10.7. The molecule has 0 aliphatic heterocycles. The maximum atomic E-state index is 6.61. The smallest absolute Gasteiger partial charge is 0.159 e. The lowest BCUT2D eigenvalue weighted by Gasteiger charge is -2.26. The Labute approximate surface area is 327 Å². The van der Waals surface area contributed by atoms with E-state index in [2.05, 4.69) is 217 Å². The maximum absolute atomic E-state index is 6.61. The molecular weight excluding hydrogens is 679 g/mol. The van der Waals surface area contributed by atoms with Crippen molar-refractivity contribution in [1.82, 2.24) is 0 Å². The van der Waals surface area contributed by atoms with E-state index in [4.69, 9.17) is 4.42 Å². The molecule has 1 aromatic heterocycles. The Morgan fingerprint density at radius 3 is 1.11 bits per heavy atom. The highest BCUT2D eigenvalue weighted by Crippen LogP contribution is 2.43. The van der Waals surface area contributed by atoms with Crippen LogP contribution in [0.15, 0.2) is 229 Å². The van der Waals surface area contributed by atoms with Crippen molar-refractivity contribution in [2.45, 2.75) is 0 Å². The topological polar surface area (TPSA) is 16.4 Å². The van der Waals surface area contributed by atoms with Crippen LogP contribution in [0.3, 0.4) is 0 Å². The Morgan fingerprint density at radius 2 is 0.625 bits per heavy atom. The van der Waals surface area contributed by atoms with Gasteiger partial charge >= 0.3 is 0 Å². The Kier molecular flexibility index (Phi) is 8.55. The largest absolute Gasteiger partial charge is 0.454 e. The number of nitrogens with zero attached hydrogens (tertiary/aromatic N) is 1. The monoisotopic (exact) mass is 715 g/mol. The molecule has 10 rings (SSSR count). The van der Waals surface area contributed by atoms with Crippen molar-refractivity contribution in [2.75, 3.05) is 4.90 Å². The molecule has 1 heterocycles. The normalized spacial score (nSPS) is 11.2. The Bertz CT molecular complexity index is 2850. The highest BCUT2D eigenvalue weighted by Gasteiger charge is 2.20. The van der Waals surface area contributed by atoms with Gasteiger partial charge in [-0.05, 0) is 110 Å². The SMILES string of the molecule is c1ccc(-c2ccc(-c3ccc(N(c4ccc(-c5cc(-c6ccccc6)cc(-c6ccccc6)c5)cc4)c4cccc5c4oc4ccccc45)cc3)cc2)cc1. The van der Waals surface area contributed by atoms with Crippen LogP contribution in [-0.2, 0) is 0 Å². The zero-order valence-electron chi connectivity index (χ0n) is 30.7. The zero-order chi connectivity index (χ0) is 37.3. The van der Waals surface area contributed by atoms with Crippen LogP contribution in [-0.4, -0.2) is 0 Å². The van der Waals surface area contributed by atoms with Crippen molar-refractivity contribution in [2.24, 2.45) is 0 Å². The fourth-order valence-electron chi connectivity index (χ4n) is 7.82. The van der Waals surface area contributed by atoms with Crippen molar-refractivity contribution in [3.05, 3.63) is 224 Å². The van der Waals surface area contributed by atoms with Gasteiger partial charge in [-0.25, -0.2) is 0 Å². The summed E-state index contributed by atoms with van der Waals surface area (Å²) in [5.74, 6) is 0. The fourth-order valence-corrected chi connectivity index (χ4v) is 7.82. The summed E-state index contributed by atoms with van der Waals surface area (Å²) in [6.07, 6.45) is 0. The molecule has 2 heteroatoms. The van der Waals surface area contributed by atoms with Crippen LogP contribution in [0.2, 0.25) is 0 Å². The first kappa shape index (κ1) is 33.2. The molecule has 56 heavy (non-hydrogen) atoms. The van der Waals surface area contributed by atoms with Gasteiger partial charge in [0.05, 0.1) is 5.69 Å². The molecule has 0 saturated carbocycles. The maximum Gasteiger partial charge on any atom is 0.159 e. The average molecular weight is 716 g/mol. The van der Waals surface area contributed by atoms with E-state index in [-0.39, 0.29) is 0 Å². The number of furan rings is 1. The first-order valence-electron chi connectivity index (χ1n) is 19.1. The minimum absolute atomic E-state index is 0.862. The lowest BCUT2D eigenvalue weighted by atomic mass is 9.93. The minimum atomic E-state index is 0.862. The number of para-hydroxylation sites is 2. The highest BCUT2D eigenvalue weighted by molar-refractivity contribution is 6.10. The van der Waals surface area contributed by atoms with Crippen LogP contribution in [0, 0.1) is 0 Å². The van der Waals surface area contributed by atoms with E-state index in [1.807, 2.05) is 12.1 Å². The first-order valence-corrected chi connectivity index (χ1v) is 19.1. The highest BCUT2D eigenvalue weighted by atomic mass is 16.3. The molecule has 0 unspecified atom stereocenters. The molecule has 0 bridgehead atoms. The van der Waals surface area contributed by atoms with Crippen molar-refractivity contribution < 1.29 is 4.42 Å². The average Bonchev–Trinajstić information content (AvgIpc) is 3.67. The molecule has 0 N–H and O–H groups in total. The van der Waals surface area contributed by atoms with E-state index >= 15 is 0 Å². The second kappa shape index (κ2) is 14.4. The standard InChI is InChI=1S/C54H37NO/c1-4-13-38(14-5-1)41-23-25-42(26-24-41)43-27-31-48(32-28-43)55(52-21-12-20-51-50-19-10-11-22-53(50)56-54(51)52)49-33-29-44(30-34-49)47-36-45(39-15-6-2-7-16-39)35-46(37-47)40-17-8-3-9-18-40/h1-37H. The fraction of sp³-hybridized carbons (Fsp3) is 0. The van der Waals surface area contributed by atoms with Gasteiger partial charge in [0, 0.05) is 22.1 Å². The lowest BCUT2D eigenvalue weighted by Crippen LogP contribution is -2.10. The molecular formula is C54H37NO. The van der Waals surface area contributed by atoms with Gasteiger partial charge < -0.3 is 9.32 Å². The van der Waals surface area contributed by atoms with Gasteiger partial charge in [0.15, 0.2) is 5.58 Å². The molecule has 10 aromatic rings. The molecule has 0 radical (unpaired) electrons. The van der Waals surface area contributed by atoms with Gasteiger partial charge in [0.25, 0.3) is 0 Å². The van der Waals surface area contributed by atoms with Gasteiger partial charge in [-0.3, -0.25) is 0 Å². The third kappa shape index (κ3) is 6.34. The minimum Gasteiger partial charge on any atom is -0.454 e. The number of hydrogen-bond donors (Lipinski definition) is 0. The lowest BCUT2D eigenvalue weighted by molar-refractivity contribution is 0.669. The molecule has 9 aromatic carbocycles. The van der Waals surface area contributed by atoms with Crippen LogP contribution in [0.1, 0.15) is 0 Å². The number of benzene rings is 9. The van der Waals surface area contributed by atoms with Crippen molar-refractivity contribution in [3.8, 4) is 55.6 Å². The van der Waals surface area contributed by atoms with Crippen LogP contribution in [0.5, 0.6) is 0 Å². The predicted octanol–water partition coefficient (Wildman–Crippen LogP) is 15.4. The molecule has 0 fully saturated rings. The summed E-state index contributed by atoms with van der Waals surface area (Å²) in [4.78, 5) is 2.31. The summed E-state index contributed by atoms with van der Waals surface area (Å²) < 4.78 is 6.61. The summed E-state index contributed by atoms with van der Waals surface area (Å²) in [6.45, 7) is 0. The second-order valence-electron chi connectivity index (χ2n) is 14.2. The molecule has 0 amide bonds. The van der Waals surface area contributed by atoms with Crippen LogP contribution >= 0.6 is 0 Å². The van der Waals surface area contributed by atoms with E-state index in [9.17, 15) is 0 Å². The molecule has 0 aliphatic carbocycles. The van der Waals surface area contributed by atoms with Crippen molar-refractivity contribution in [1.29, 1.82) is 0 Å². The van der Waals surface area contributed by atoms with E-state index < -0.39 is 0 Å². The third-order valence-corrected chi connectivity index (χ3v) is 10.7. The summed E-state index contributed by atoms with van der Waals surface area (Å²) in [5, 5.41) is 2.21. The van der Waals surface area contributed by atoms with Gasteiger partial charge in [-0.1, -0.05) is 170 Å². The van der Waals surface area contributed by atoms with Crippen LogP contribution in [0.25, 0.3) is 77.6 Å². The summed E-state index contributed by atoms with van der Waals surface area (Å²) in [6, 6.07) is 80.0. The van der Waals surface area contributed by atoms with E-state index in [0.717, 1.165) is 50.1 Å². The van der Waals surface area contributed by atoms with Crippen molar-refractivity contribution in [3.63, 3.8) is 0 Å². The molecule has 0 atom stereocenters. The summed E-state index contributed by atoms with van der Waals surface area (Å²) in [7, 11) is 0. The van der Waals surface area contributed by atoms with Crippen LogP contribution < -0.4 is 4.90 Å². The van der Waals surface area contributed by atoms with E-state index in [1.54, 1.807) is 0 Å². The van der Waals surface area contributed by atoms with E-state index in [1.165, 1.54) is 44.5 Å². The van der Waals surface area contributed by atoms with Gasteiger partial charge in [0.2, 0.25) is 0 Å². The molecule has 0 saturated heterocycles. The zero-order valence-corrected chi connectivity index (χ0v) is 30.7. The summed E-state index contributed by atoms with van der Waals surface area (Å²) >= 11 is 0. The number of anilines is 3. The van der Waals surface area contributed by atoms with Gasteiger partial charge in [-0.2, -0.15) is 0 Å². The van der Waals surface area contributed by atoms with Gasteiger partial charge in [-0.15, -0.1) is 0 Å². The first-order chi connectivity index (χ1) is 27.7. The van der Waals surface area contributed by atoms with Crippen LogP contribution in [0.4, 0.5) is 17.1 Å². The van der Waals surface area contributed by atoms with Gasteiger partial charge in [0.1, 0.15) is 5.58 Å². The second-order valence-corrected chi connectivity index (χ2v) is 14.2. The summed E-state index contributed by atoms with van der Waals surface area (Å²) in [5.41, 5.74) is 16.7. The number of fused-ring (bicyclic) bond motifs is 3. The molecule has 0 spiro atoms. The number of rotatable bonds is 8. The molecule has 0 aliphatic rings. The Balaban J connectivity index is 1.06. The number of hydrogen-bond acceptors (Lipinski definition) is 2. The van der Waals surface area contributed by atoms with Crippen molar-refractivity contribution >= 4 is 39.0 Å². The Hall–Kier alpha value is -7.42. The quantitative estimate of drug-likeness (QED) is 0.156. The molecule has 2 nitrogen and oxygen atoms in total. The molecule has 264 valence electrons. The van der Waals surface area contributed by atoms with E-state index in [0.29, 0.717) is 0 Å². The Morgan fingerprint density at radius 1 is 0.268 bits per heavy atom. The predicted molar refractivity (Wildman–Crippen MR) is 236 cm³/mol.